The minimum Gasteiger partial charge on any atom is -0.462 e. The van der Waals surface area contributed by atoms with Gasteiger partial charge in [0.15, 0.2) is 6.10 Å². The van der Waals surface area contributed by atoms with E-state index < -0.39 is 6.10 Å². The Bertz CT molecular complexity index is 1610. The molecule has 0 aliphatic rings. The molecule has 0 aliphatic heterocycles. The van der Waals surface area contributed by atoms with E-state index in [4.69, 9.17) is 14.2 Å². The number of carbonyl (C=O) groups is 3. The van der Waals surface area contributed by atoms with Gasteiger partial charge in [0.1, 0.15) is 13.2 Å². The number of carbonyl (C=O) groups excluding carboxylic acids is 3. The van der Waals surface area contributed by atoms with Crippen LogP contribution in [0.5, 0.6) is 0 Å². The summed E-state index contributed by atoms with van der Waals surface area (Å²) in [6.45, 7) is 6.30. The first-order valence-electron chi connectivity index (χ1n) is 28.9. The molecule has 0 bridgehead atoms. The van der Waals surface area contributed by atoms with Gasteiger partial charge in [0, 0.05) is 19.3 Å². The number of allylic oxidation sites excluding steroid dienone is 24. The highest BCUT2D eigenvalue weighted by molar-refractivity contribution is 5.71. The molecule has 0 spiro atoms. The van der Waals surface area contributed by atoms with Gasteiger partial charge in [-0.3, -0.25) is 14.4 Å². The monoisotopic (exact) mass is 993 g/mol. The summed E-state index contributed by atoms with van der Waals surface area (Å²) in [4.78, 5) is 38.2. The SMILES string of the molecule is CC\C=C/C=C\C=C/C=C\C=C\C=C/C=C\CCCCCC(=O)OCC(COC(=O)CCCCC/C=C\C/C=C\C/C=C\C/C=C\CC)OC(=O)CCCCCCCCC/C=C\CCCCCCCCCC. The average molecular weight is 994 g/mol. The Balaban J connectivity index is 4.56. The molecule has 1 atom stereocenters. The summed E-state index contributed by atoms with van der Waals surface area (Å²) in [6.07, 6.45) is 84.0. The van der Waals surface area contributed by atoms with Gasteiger partial charge in [-0.2, -0.15) is 0 Å². The Hall–Kier alpha value is -4.71. The van der Waals surface area contributed by atoms with Crippen molar-refractivity contribution in [2.75, 3.05) is 13.2 Å². The molecule has 404 valence electrons. The molecule has 72 heavy (non-hydrogen) atoms. The minimum absolute atomic E-state index is 0.117. The number of rotatable bonds is 50. The predicted molar refractivity (Wildman–Crippen MR) is 311 cm³/mol. The van der Waals surface area contributed by atoms with Crippen LogP contribution < -0.4 is 0 Å². The molecular weight excluding hydrogens is 889 g/mol. The van der Waals surface area contributed by atoms with E-state index in [1.54, 1.807) is 0 Å². The molecular formula is C66H104O6. The fourth-order valence-electron chi connectivity index (χ4n) is 7.47. The summed E-state index contributed by atoms with van der Waals surface area (Å²) in [5.74, 6) is -1.000. The smallest absolute Gasteiger partial charge is 0.306 e. The lowest BCUT2D eigenvalue weighted by atomic mass is 10.1. The third-order valence-electron chi connectivity index (χ3n) is 11.8. The van der Waals surface area contributed by atoms with E-state index in [2.05, 4.69) is 93.7 Å². The standard InChI is InChI=1S/C66H104O6/c1-4-7-10-13-16-19-22-25-28-31-33-35-38-41-44-47-50-53-56-59-65(68)71-62-63(61-70-64(67)58-55-52-49-46-43-40-37-30-27-24-21-18-15-12-9-6-3)72-66(69)60-57-54-51-48-45-42-39-36-34-32-29-26-23-20-17-14-11-8-5-2/h7,9-10,12-13,16,18-19,21-22,25,27-28,30-35,38,40-41,43-44,63H,4-6,8,11,14-15,17,20,23-24,26,29,36-37,39,42,45-62H2,1-3H3/b10-7-,12-9-,16-13-,21-18-,22-19-,28-25-,30-27-,33-31+,34-32-,38-35-,43-40-,44-41-. The predicted octanol–water partition coefficient (Wildman–Crippen LogP) is 19.6. The normalized spacial score (nSPS) is 13.2. The van der Waals surface area contributed by atoms with E-state index in [-0.39, 0.29) is 31.1 Å². The lowest BCUT2D eigenvalue weighted by Gasteiger charge is -2.18. The third-order valence-corrected chi connectivity index (χ3v) is 11.8. The first-order chi connectivity index (χ1) is 35.5. The number of ether oxygens (including phenoxy) is 3. The molecule has 0 saturated heterocycles. The van der Waals surface area contributed by atoms with E-state index in [1.165, 1.54) is 89.9 Å². The van der Waals surface area contributed by atoms with Crippen molar-refractivity contribution in [3.05, 3.63) is 146 Å². The van der Waals surface area contributed by atoms with Gasteiger partial charge >= 0.3 is 17.9 Å². The Kier molecular flexibility index (Phi) is 55.0. The molecule has 0 saturated carbocycles. The molecule has 0 heterocycles. The minimum atomic E-state index is -0.820. The van der Waals surface area contributed by atoms with Crippen LogP contribution in [0, 0.1) is 0 Å². The molecule has 0 radical (unpaired) electrons. The first-order valence-corrected chi connectivity index (χ1v) is 28.9. The lowest BCUT2D eigenvalue weighted by Crippen LogP contribution is -2.30. The van der Waals surface area contributed by atoms with Gasteiger partial charge in [-0.15, -0.1) is 0 Å². The maximum absolute atomic E-state index is 12.9. The van der Waals surface area contributed by atoms with Gasteiger partial charge in [-0.05, 0) is 103 Å². The Morgan fingerprint density at radius 2 is 0.611 bits per heavy atom. The number of hydrogen-bond donors (Lipinski definition) is 0. The highest BCUT2D eigenvalue weighted by atomic mass is 16.6. The number of unbranched alkanes of at least 4 members (excludes halogenated alkanes) is 21. The molecule has 1 unspecified atom stereocenters. The van der Waals surface area contributed by atoms with Gasteiger partial charge in [0.25, 0.3) is 0 Å². The fourth-order valence-corrected chi connectivity index (χ4v) is 7.47. The number of esters is 3. The average Bonchev–Trinajstić information content (AvgIpc) is 3.38. The highest BCUT2D eigenvalue weighted by Gasteiger charge is 2.19. The van der Waals surface area contributed by atoms with Crippen LogP contribution >= 0.6 is 0 Å². The molecule has 0 aromatic carbocycles. The zero-order valence-electron chi connectivity index (χ0n) is 46.1. The van der Waals surface area contributed by atoms with Crippen LogP contribution in [-0.2, 0) is 28.6 Å². The first kappa shape index (κ1) is 67.3. The molecule has 0 aromatic rings. The van der Waals surface area contributed by atoms with Gasteiger partial charge in [-0.1, -0.05) is 256 Å². The van der Waals surface area contributed by atoms with Crippen molar-refractivity contribution in [2.24, 2.45) is 0 Å². The van der Waals surface area contributed by atoms with Crippen molar-refractivity contribution in [3.8, 4) is 0 Å². The van der Waals surface area contributed by atoms with Gasteiger partial charge in [0.05, 0.1) is 0 Å². The molecule has 0 N–H and O–H groups in total. The third kappa shape index (κ3) is 56.2. The summed E-state index contributed by atoms with van der Waals surface area (Å²) in [6, 6.07) is 0. The molecule has 0 fully saturated rings. The molecule has 0 aliphatic carbocycles. The van der Waals surface area contributed by atoms with Gasteiger partial charge in [0.2, 0.25) is 0 Å². The molecule has 6 nitrogen and oxygen atoms in total. The largest absolute Gasteiger partial charge is 0.462 e. The van der Waals surface area contributed by atoms with Crippen LogP contribution in [-0.4, -0.2) is 37.2 Å². The molecule has 0 rings (SSSR count). The summed E-state index contributed by atoms with van der Waals surface area (Å²) in [7, 11) is 0. The Morgan fingerprint density at radius 3 is 1.04 bits per heavy atom. The van der Waals surface area contributed by atoms with Gasteiger partial charge in [-0.25, -0.2) is 0 Å². The van der Waals surface area contributed by atoms with Crippen LogP contribution in [0.15, 0.2) is 146 Å². The van der Waals surface area contributed by atoms with Crippen molar-refractivity contribution in [3.63, 3.8) is 0 Å². The lowest BCUT2D eigenvalue weighted by molar-refractivity contribution is -0.167. The summed E-state index contributed by atoms with van der Waals surface area (Å²) < 4.78 is 16.8. The summed E-state index contributed by atoms with van der Waals surface area (Å²) in [5, 5.41) is 0. The van der Waals surface area contributed by atoms with Crippen LogP contribution in [0.4, 0.5) is 0 Å². The van der Waals surface area contributed by atoms with Crippen molar-refractivity contribution < 1.29 is 28.6 Å². The van der Waals surface area contributed by atoms with Crippen molar-refractivity contribution in [1.29, 1.82) is 0 Å². The maximum Gasteiger partial charge on any atom is 0.306 e. The highest BCUT2D eigenvalue weighted by Crippen LogP contribution is 2.14. The zero-order chi connectivity index (χ0) is 52.2. The van der Waals surface area contributed by atoms with E-state index in [0.29, 0.717) is 19.3 Å². The van der Waals surface area contributed by atoms with Crippen molar-refractivity contribution >= 4 is 17.9 Å². The van der Waals surface area contributed by atoms with E-state index >= 15 is 0 Å². The quantitative estimate of drug-likeness (QED) is 0.0199. The van der Waals surface area contributed by atoms with Crippen LogP contribution in [0.3, 0.4) is 0 Å². The molecule has 0 aromatic heterocycles. The van der Waals surface area contributed by atoms with E-state index in [1.807, 2.05) is 72.9 Å². The van der Waals surface area contributed by atoms with Crippen molar-refractivity contribution in [1.82, 2.24) is 0 Å². The van der Waals surface area contributed by atoms with E-state index in [0.717, 1.165) is 103 Å². The Labute approximate surface area is 442 Å². The van der Waals surface area contributed by atoms with E-state index in [9.17, 15) is 14.4 Å². The second kappa shape index (κ2) is 58.9. The van der Waals surface area contributed by atoms with Crippen LogP contribution in [0.2, 0.25) is 0 Å². The Morgan fingerprint density at radius 1 is 0.306 bits per heavy atom. The topological polar surface area (TPSA) is 78.9 Å². The second-order valence-electron chi connectivity index (χ2n) is 18.6. The molecule has 0 amide bonds. The maximum atomic E-state index is 12.9. The zero-order valence-corrected chi connectivity index (χ0v) is 46.1. The van der Waals surface area contributed by atoms with Crippen LogP contribution in [0.25, 0.3) is 0 Å². The second-order valence-corrected chi connectivity index (χ2v) is 18.6. The molecule has 6 heteroatoms. The summed E-state index contributed by atoms with van der Waals surface area (Å²) in [5.41, 5.74) is 0. The summed E-state index contributed by atoms with van der Waals surface area (Å²) >= 11 is 0. The number of hydrogen-bond acceptors (Lipinski definition) is 6. The van der Waals surface area contributed by atoms with Gasteiger partial charge < -0.3 is 14.2 Å². The van der Waals surface area contributed by atoms with Crippen molar-refractivity contribution in [2.45, 2.75) is 239 Å². The fraction of sp³-hybridized carbons (Fsp3) is 0.591. The van der Waals surface area contributed by atoms with Crippen LogP contribution in [0.1, 0.15) is 233 Å².